The lowest BCUT2D eigenvalue weighted by Crippen LogP contribution is -2.40. The highest BCUT2D eigenvalue weighted by Crippen LogP contribution is 2.27. The highest BCUT2D eigenvalue weighted by atomic mass is 16.7. The molecule has 1 heterocycles. The van der Waals surface area contributed by atoms with Crippen LogP contribution in [0, 0.1) is 5.41 Å². The topological polar surface area (TPSA) is 56.5 Å². The molecule has 12 heavy (non-hydrogen) atoms. The number of nitrogens with one attached hydrogen (secondary N) is 1. The van der Waals surface area contributed by atoms with E-state index >= 15 is 0 Å². The smallest absolute Gasteiger partial charge is 0.213 e. The maximum atomic E-state index is 5.45. The zero-order valence-corrected chi connectivity index (χ0v) is 7.96. The van der Waals surface area contributed by atoms with E-state index in [2.05, 4.69) is 19.2 Å². The van der Waals surface area contributed by atoms with Crippen LogP contribution in [0.4, 0.5) is 0 Å². The molecule has 0 aromatic carbocycles. The Kier molecular flexibility index (Phi) is 3.06. The van der Waals surface area contributed by atoms with Gasteiger partial charge in [0, 0.05) is 12.0 Å². The summed E-state index contributed by atoms with van der Waals surface area (Å²) < 4.78 is 10.5. The Bertz CT molecular complexity index is 150. The van der Waals surface area contributed by atoms with Crippen molar-refractivity contribution in [2.45, 2.75) is 26.4 Å². The second-order valence-electron chi connectivity index (χ2n) is 3.85. The molecule has 0 radical (unpaired) electrons. The van der Waals surface area contributed by atoms with Crippen molar-refractivity contribution in [2.24, 2.45) is 11.1 Å². The van der Waals surface area contributed by atoms with Crippen molar-refractivity contribution >= 4 is 0 Å². The normalized spacial score (nSPS) is 31.0. The van der Waals surface area contributed by atoms with Gasteiger partial charge in [-0.1, -0.05) is 13.8 Å². The predicted molar refractivity (Wildman–Crippen MR) is 46.5 cm³/mol. The summed E-state index contributed by atoms with van der Waals surface area (Å²) in [5, 5.41) is 3.12. The van der Waals surface area contributed by atoms with Gasteiger partial charge in [-0.2, -0.15) is 0 Å². The Labute approximate surface area is 73.4 Å². The van der Waals surface area contributed by atoms with Gasteiger partial charge in [-0.3, -0.25) is 5.73 Å². The second kappa shape index (κ2) is 3.70. The highest BCUT2D eigenvalue weighted by Gasteiger charge is 2.36. The molecule has 0 aromatic rings. The van der Waals surface area contributed by atoms with Crippen molar-refractivity contribution in [2.75, 3.05) is 20.2 Å². The van der Waals surface area contributed by atoms with Crippen molar-refractivity contribution < 1.29 is 9.47 Å². The van der Waals surface area contributed by atoms with E-state index in [1.807, 2.05) is 7.05 Å². The zero-order valence-electron chi connectivity index (χ0n) is 7.96. The molecule has 3 N–H and O–H groups in total. The molecule has 0 bridgehead atoms. The number of hydrogen-bond acceptors (Lipinski definition) is 4. The van der Waals surface area contributed by atoms with Crippen LogP contribution >= 0.6 is 0 Å². The summed E-state index contributed by atoms with van der Waals surface area (Å²) in [4.78, 5) is 0. The summed E-state index contributed by atoms with van der Waals surface area (Å²) in [5.41, 5.74) is 5.53. The molecule has 72 valence electrons. The zero-order chi connectivity index (χ0) is 9.19. The summed E-state index contributed by atoms with van der Waals surface area (Å²) in [6.07, 6.45) is -0.439. The maximum absolute atomic E-state index is 5.45. The van der Waals surface area contributed by atoms with Crippen LogP contribution in [-0.2, 0) is 9.47 Å². The molecule has 0 aliphatic carbocycles. The molecule has 2 atom stereocenters. The summed E-state index contributed by atoms with van der Waals surface area (Å²) in [6, 6.07) is 0. The van der Waals surface area contributed by atoms with Crippen molar-refractivity contribution in [3.05, 3.63) is 0 Å². The molecule has 0 amide bonds. The third-order valence-corrected chi connectivity index (χ3v) is 2.21. The highest BCUT2D eigenvalue weighted by molar-refractivity contribution is 4.83. The first kappa shape index (κ1) is 9.92. The molecule has 1 fully saturated rings. The number of ether oxygens (including phenoxy) is 2. The van der Waals surface area contributed by atoms with E-state index < -0.39 is 6.41 Å². The van der Waals surface area contributed by atoms with Crippen molar-refractivity contribution in [3.8, 4) is 0 Å². The molecular weight excluding hydrogens is 156 g/mol. The van der Waals surface area contributed by atoms with Crippen LogP contribution in [0.15, 0.2) is 0 Å². The van der Waals surface area contributed by atoms with E-state index in [4.69, 9.17) is 15.2 Å². The lowest BCUT2D eigenvalue weighted by Gasteiger charge is -2.29. The van der Waals surface area contributed by atoms with Crippen molar-refractivity contribution in [3.63, 3.8) is 0 Å². The number of nitrogens with two attached hydrogens (primary N) is 1. The van der Waals surface area contributed by atoms with Crippen LogP contribution in [-0.4, -0.2) is 32.7 Å². The minimum Gasteiger partial charge on any atom is -0.337 e. The fourth-order valence-corrected chi connectivity index (χ4v) is 1.40. The number of hydrogen-bond donors (Lipinski definition) is 2. The van der Waals surface area contributed by atoms with Crippen LogP contribution < -0.4 is 11.1 Å². The summed E-state index contributed by atoms with van der Waals surface area (Å²) in [6.45, 7) is 5.76. The molecule has 1 aliphatic rings. The Balaban J connectivity index is 2.45. The van der Waals surface area contributed by atoms with Crippen molar-refractivity contribution in [1.29, 1.82) is 0 Å². The van der Waals surface area contributed by atoms with Gasteiger partial charge in [0.05, 0.1) is 12.7 Å². The molecular formula is C8H18N2O2. The Morgan fingerprint density at radius 2 is 2.25 bits per heavy atom. The van der Waals surface area contributed by atoms with Crippen LogP contribution in [0.1, 0.15) is 13.8 Å². The average molecular weight is 174 g/mol. The quantitative estimate of drug-likeness (QED) is 0.627. The Morgan fingerprint density at radius 3 is 2.67 bits per heavy atom. The van der Waals surface area contributed by atoms with Crippen LogP contribution in [0.5, 0.6) is 0 Å². The van der Waals surface area contributed by atoms with Gasteiger partial charge >= 0.3 is 0 Å². The van der Waals surface area contributed by atoms with Gasteiger partial charge < -0.3 is 14.8 Å². The van der Waals surface area contributed by atoms with Crippen LogP contribution in [0.3, 0.4) is 0 Å². The molecule has 2 unspecified atom stereocenters. The van der Waals surface area contributed by atoms with Gasteiger partial charge in [0.15, 0.2) is 0 Å². The minimum absolute atomic E-state index is 0.0723. The average Bonchev–Trinajstić information content (AvgIpc) is 2.36. The molecule has 1 aliphatic heterocycles. The molecule has 0 spiro atoms. The summed E-state index contributed by atoms with van der Waals surface area (Å²) >= 11 is 0. The molecule has 4 nitrogen and oxygen atoms in total. The predicted octanol–water partition coefficient (Wildman–Crippen LogP) is -0.110. The van der Waals surface area contributed by atoms with Crippen LogP contribution in [0.25, 0.3) is 0 Å². The van der Waals surface area contributed by atoms with Crippen molar-refractivity contribution in [1.82, 2.24) is 5.32 Å². The first-order valence-electron chi connectivity index (χ1n) is 4.23. The minimum atomic E-state index is -0.536. The molecule has 4 heteroatoms. The molecule has 0 aromatic heterocycles. The first-order chi connectivity index (χ1) is 5.56. The van der Waals surface area contributed by atoms with Gasteiger partial charge in [0.25, 0.3) is 0 Å². The van der Waals surface area contributed by atoms with Gasteiger partial charge in [-0.15, -0.1) is 0 Å². The van der Waals surface area contributed by atoms with Gasteiger partial charge in [0.2, 0.25) is 6.41 Å². The Morgan fingerprint density at radius 1 is 1.58 bits per heavy atom. The third kappa shape index (κ3) is 2.17. The summed E-state index contributed by atoms with van der Waals surface area (Å²) in [7, 11) is 1.93. The van der Waals surface area contributed by atoms with Gasteiger partial charge in [-0.05, 0) is 7.05 Å². The van der Waals surface area contributed by atoms with E-state index in [0.29, 0.717) is 6.61 Å². The molecule has 1 saturated heterocycles. The molecule has 0 saturated carbocycles. The largest absolute Gasteiger partial charge is 0.337 e. The van der Waals surface area contributed by atoms with E-state index in [9.17, 15) is 0 Å². The Hall–Kier alpha value is -0.160. The fraction of sp³-hybridized carbons (Fsp3) is 1.00. The monoisotopic (exact) mass is 174 g/mol. The number of rotatable bonds is 3. The maximum Gasteiger partial charge on any atom is 0.213 e. The third-order valence-electron chi connectivity index (χ3n) is 2.21. The fourth-order valence-electron chi connectivity index (χ4n) is 1.40. The lowest BCUT2D eigenvalue weighted by atomic mass is 9.87. The van der Waals surface area contributed by atoms with E-state index in [1.165, 1.54) is 0 Å². The van der Waals surface area contributed by atoms with Crippen LogP contribution in [0.2, 0.25) is 0 Å². The summed E-state index contributed by atoms with van der Waals surface area (Å²) in [5.74, 6) is 0. The molecule has 1 rings (SSSR count). The van der Waals surface area contributed by atoms with Gasteiger partial charge in [-0.25, -0.2) is 0 Å². The van der Waals surface area contributed by atoms with Gasteiger partial charge in [0.1, 0.15) is 0 Å². The second-order valence-corrected chi connectivity index (χ2v) is 3.85. The lowest BCUT2D eigenvalue weighted by molar-refractivity contribution is -0.0728. The standard InChI is InChI=1S/C8H18N2O2/c1-8(2,5-10-3)6-4-11-7(9)12-6/h6-7,10H,4-5,9H2,1-3H3. The first-order valence-corrected chi connectivity index (χ1v) is 4.23. The van der Waals surface area contributed by atoms with E-state index in [-0.39, 0.29) is 11.5 Å². The van der Waals surface area contributed by atoms with E-state index in [1.54, 1.807) is 0 Å². The van der Waals surface area contributed by atoms with E-state index in [0.717, 1.165) is 6.54 Å². The SMILES string of the molecule is CNCC(C)(C)C1COC(N)O1.